The molecule has 0 aliphatic heterocycles. The van der Waals surface area contributed by atoms with E-state index in [2.05, 4.69) is 27.2 Å². The zero-order chi connectivity index (χ0) is 12.3. The monoisotopic (exact) mass is 299 g/mol. The third kappa shape index (κ3) is 3.55. The van der Waals surface area contributed by atoms with E-state index in [1.807, 2.05) is 0 Å². The summed E-state index contributed by atoms with van der Waals surface area (Å²) in [5.41, 5.74) is -0.200. The first-order valence-electron chi connectivity index (χ1n) is 4.60. The number of rotatable bonds is 2. The van der Waals surface area contributed by atoms with Crippen LogP contribution in [-0.4, -0.2) is 11.4 Å². The SMILES string of the molecule is C#CC(C)(C)NC(=O)c1cc(Cl)cc(Br)c1. The molecule has 1 N–H and O–H groups in total. The Hall–Kier alpha value is -0.980. The summed E-state index contributed by atoms with van der Waals surface area (Å²) in [6, 6.07) is 4.99. The third-order valence-electron chi connectivity index (χ3n) is 1.91. The highest BCUT2D eigenvalue weighted by atomic mass is 79.9. The lowest BCUT2D eigenvalue weighted by Crippen LogP contribution is -2.42. The van der Waals surface area contributed by atoms with Gasteiger partial charge in [-0.05, 0) is 32.0 Å². The maximum atomic E-state index is 11.8. The standard InChI is InChI=1S/C12H11BrClNO/c1-4-12(2,3)15-11(16)8-5-9(13)7-10(14)6-8/h1,5-7H,2-3H3,(H,15,16). The number of nitrogens with one attached hydrogen (secondary N) is 1. The molecule has 0 spiro atoms. The molecule has 0 radical (unpaired) electrons. The molecule has 0 aromatic heterocycles. The Kier molecular flexibility index (Phi) is 4.01. The predicted molar refractivity (Wildman–Crippen MR) is 69.5 cm³/mol. The number of carbonyl (C=O) groups is 1. The van der Waals surface area contributed by atoms with Gasteiger partial charge in [0.2, 0.25) is 0 Å². The Balaban J connectivity index is 2.94. The summed E-state index contributed by atoms with van der Waals surface area (Å²) in [4.78, 5) is 11.8. The van der Waals surface area contributed by atoms with Gasteiger partial charge in [0.1, 0.15) is 0 Å². The maximum Gasteiger partial charge on any atom is 0.252 e. The van der Waals surface area contributed by atoms with Gasteiger partial charge >= 0.3 is 0 Å². The first-order valence-corrected chi connectivity index (χ1v) is 5.77. The second kappa shape index (κ2) is 4.90. The maximum absolute atomic E-state index is 11.8. The summed E-state index contributed by atoms with van der Waals surface area (Å²) in [5, 5.41) is 3.22. The van der Waals surface area contributed by atoms with Gasteiger partial charge in [-0.15, -0.1) is 6.42 Å². The zero-order valence-corrected chi connectivity index (χ0v) is 11.3. The first kappa shape index (κ1) is 13.1. The van der Waals surface area contributed by atoms with E-state index >= 15 is 0 Å². The van der Waals surface area contributed by atoms with Crippen molar-refractivity contribution in [3.63, 3.8) is 0 Å². The van der Waals surface area contributed by atoms with E-state index < -0.39 is 5.54 Å². The predicted octanol–water partition coefficient (Wildman–Crippen LogP) is 3.24. The van der Waals surface area contributed by atoms with E-state index in [1.165, 1.54) is 0 Å². The minimum absolute atomic E-state index is 0.244. The van der Waals surface area contributed by atoms with Crippen molar-refractivity contribution < 1.29 is 4.79 Å². The minimum Gasteiger partial charge on any atom is -0.336 e. The second-order valence-electron chi connectivity index (χ2n) is 3.88. The van der Waals surface area contributed by atoms with Crippen LogP contribution in [0.2, 0.25) is 5.02 Å². The van der Waals surface area contributed by atoms with Crippen molar-refractivity contribution in [1.29, 1.82) is 0 Å². The molecule has 4 heteroatoms. The molecule has 0 heterocycles. The second-order valence-corrected chi connectivity index (χ2v) is 5.23. The van der Waals surface area contributed by atoms with Crippen LogP contribution < -0.4 is 5.32 Å². The van der Waals surface area contributed by atoms with E-state index in [1.54, 1.807) is 32.0 Å². The molecule has 2 nitrogen and oxygen atoms in total. The third-order valence-corrected chi connectivity index (χ3v) is 2.59. The molecule has 0 saturated carbocycles. The fourth-order valence-corrected chi connectivity index (χ4v) is 1.94. The Bertz CT molecular complexity index is 442. The van der Waals surface area contributed by atoms with Gasteiger partial charge in [-0.3, -0.25) is 4.79 Å². The van der Waals surface area contributed by atoms with Crippen LogP contribution in [0.4, 0.5) is 0 Å². The summed E-state index contributed by atoms with van der Waals surface area (Å²) in [6.45, 7) is 3.51. The lowest BCUT2D eigenvalue weighted by atomic mass is 10.1. The summed E-state index contributed by atoms with van der Waals surface area (Å²) in [7, 11) is 0. The summed E-state index contributed by atoms with van der Waals surface area (Å²) in [6.07, 6.45) is 5.29. The molecule has 16 heavy (non-hydrogen) atoms. The van der Waals surface area contributed by atoms with Crippen molar-refractivity contribution in [2.45, 2.75) is 19.4 Å². The van der Waals surface area contributed by atoms with Crippen LogP contribution >= 0.6 is 27.5 Å². The van der Waals surface area contributed by atoms with Gasteiger partial charge in [-0.2, -0.15) is 0 Å². The van der Waals surface area contributed by atoms with E-state index in [0.717, 1.165) is 4.47 Å². The quantitative estimate of drug-likeness (QED) is 0.835. The number of amides is 1. The average Bonchev–Trinajstić information content (AvgIpc) is 2.15. The van der Waals surface area contributed by atoms with Crippen molar-refractivity contribution in [2.24, 2.45) is 0 Å². The lowest BCUT2D eigenvalue weighted by molar-refractivity contribution is 0.0930. The highest BCUT2D eigenvalue weighted by molar-refractivity contribution is 9.10. The molecule has 84 valence electrons. The topological polar surface area (TPSA) is 29.1 Å². The van der Waals surface area contributed by atoms with Gasteiger partial charge in [0.15, 0.2) is 0 Å². The molecule has 0 bridgehead atoms. The number of hydrogen-bond acceptors (Lipinski definition) is 1. The van der Waals surface area contributed by atoms with Crippen molar-refractivity contribution in [3.8, 4) is 12.3 Å². The van der Waals surface area contributed by atoms with Gasteiger partial charge in [-0.25, -0.2) is 0 Å². The Morgan fingerprint density at radius 1 is 1.50 bits per heavy atom. The fourth-order valence-electron chi connectivity index (χ4n) is 1.08. The van der Waals surface area contributed by atoms with E-state index in [4.69, 9.17) is 18.0 Å². The van der Waals surface area contributed by atoms with Crippen LogP contribution in [0, 0.1) is 12.3 Å². The summed E-state index contributed by atoms with van der Waals surface area (Å²) < 4.78 is 0.753. The molecule has 1 aromatic rings. The van der Waals surface area contributed by atoms with Crippen molar-refractivity contribution in [3.05, 3.63) is 33.3 Å². The van der Waals surface area contributed by atoms with E-state index in [9.17, 15) is 4.79 Å². The number of hydrogen-bond donors (Lipinski definition) is 1. The van der Waals surface area contributed by atoms with Crippen LogP contribution in [0.15, 0.2) is 22.7 Å². The molecular weight excluding hydrogens is 289 g/mol. The number of benzene rings is 1. The van der Waals surface area contributed by atoms with Crippen LogP contribution in [0.3, 0.4) is 0 Å². The van der Waals surface area contributed by atoms with Gasteiger partial charge < -0.3 is 5.32 Å². The lowest BCUT2D eigenvalue weighted by Gasteiger charge is -2.19. The molecule has 0 aliphatic carbocycles. The molecule has 1 rings (SSSR count). The molecule has 0 aliphatic rings. The molecule has 1 amide bonds. The van der Waals surface area contributed by atoms with Crippen molar-refractivity contribution >= 4 is 33.4 Å². The van der Waals surface area contributed by atoms with Crippen LogP contribution in [0.1, 0.15) is 24.2 Å². The van der Waals surface area contributed by atoms with Crippen molar-refractivity contribution in [1.82, 2.24) is 5.32 Å². The molecular formula is C12H11BrClNO. The van der Waals surface area contributed by atoms with Crippen LogP contribution in [0.25, 0.3) is 0 Å². The fraction of sp³-hybridized carbons (Fsp3) is 0.250. The molecule has 0 unspecified atom stereocenters. The van der Waals surface area contributed by atoms with Crippen molar-refractivity contribution in [2.75, 3.05) is 0 Å². The summed E-state index contributed by atoms with van der Waals surface area (Å²) >= 11 is 9.12. The highest BCUT2D eigenvalue weighted by Gasteiger charge is 2.18. The number of halogens is 2. The van der Waals surface area contributed by atoms with Gasteiger partial charge in [0.05, 0.1) is 5.54 Å². The van der Waals surface area contributed by atoms with Crippen LogP contribution in [-0.2, 0) is 0 Å². The summed E-state index contributed by atoms with van der Waals surface area (Å²) in [5.74, 6) is 2.25. The zero-order valence-electron chi connectivity index (χ0n) is 8.97. The van der Waals surface area contributed by atoms with E-state index in [0.29, 0.717) is 10.6 Å². The Morgan fingerprint density at radius 3 is 2.62 bits per heavy atom. The first-order chi connectivity index (χ1) is 7.34. The number of terminal acetylenes is 1. The molecule has 0 atom stereocenters. The van der Waals surface area contributed by atoms with Gasteiger partial charge in [-0.1, -0.05) is 33.5 Å². The molecule has 0 saturated heterocycles. The molecule has 0 fully saturated rings. The largest absolute Gasteiger partial charge is 0.336 e. The smallest absolute Gasteiger partial charge is 0.252 e. The Morgan fingerprint density at radius 2 is 2.12 bits per heavy atom. The van der Waals surface area contributed by atoms with Gasteiger partial charge in [0, 0.05) is 15.1 Å². The average molecular weight is 301 g/mol. The minimum atomic E-state index is -0.675. The molecule has 1 aromatic carbocycles. The van der Waals surface area contributed by atoms with Gasteiger partial charge in [0.25, 0.3) is 5.91 Å². The van der Waals surface area contributed by atoms with E-state index in [-0.39, 0.29) is 5.91 Å². The Labute approximate surface area is 109 Å². The van der Waals surface area contributed by atoms with Crippen LogP contribution in [0.5, 0.6) is 0 Å². The number of carbonyl (C=O) groups excluding carboxylic acids is 1. The normalized spacial score (nSPS) is 10.7. The highest BCUT2D eigenvalue weighted by Crippen LogP contribution is 2.19.